The molecule has 0 bridgehead atoms. The SMILES string of the molecule is C#CCCCNC1c2ccccc2CCC1(C)C. The normalized spacial score (nSPS) is 21.1. The fraction of sp³-hybridized carbons (Fsp3) is 0.529. The highest BCUT2D eigenvalue weighted by Crippen LogP contribution is 2.43. The van der Waals surface area contributed by atoms with Crippen LogP contribution in [0.5, 0.6) is 0 Å². The van der Waals surface area contributed by atoms with Gasteiger partial charge in [-0.25, -0.2) is 0 Å². The number of nitrogens with one attached hydrogen (secondary N) is 1. The summed E-state index contributed by atoms with van der Waals surface area (Å²) in [6.07, 6.45) is 9.67. The summed E-state index contributed by atoms with van der Waals surface area (Å²) < 4.78 is 0. The van der Waals surface area contributed by atoms with Gasteiger partial charge in [0.25, 0.3) is 0 Å². The first kappa shape index (κ1) is 13.2. The van der Waals surface area contributed by atoms with Crippen molar-refractivity contribution in [3.8, 4) is 12.3 Å². The van der Waals surface area contributed by atoms with Crippen LogP contribution in [0.15, 0.2) is 24.3 Å². The Labute approximate surface area is 111 Å². The molecule has 1 unspecified atom stereocenters. The van der Waals surface area contributed by atoms with Gasteiger partial charge in [-0.2, -0.15) is 0 Å². The lowest BCUT2D eigenvalue weighted by molar-refractivity contribution is 0.209. The van der Waals surface area contributed by atoms with Crippen LogP contribution in [0.1, 0.15) is 50.3 Å². The maximum atomic E-state index is 5.30. The number of fused-ring (bicyclic) bond motifs is 1. The van der Waals surface area contributed by atoms with Crippen molar-refractivity contribution in [1.29, 1.82) is 0 Å². The number of benzene rings is 1. The van der Waals surface area contributed by atoms with E-state index in [1.54, 1.807) is 0 Å². The van der Waals surface area contributed by atoms with Gasteiger partial charge in [0.15, 0.2) is 0 Å². The average Bonchev–Trinajstić information content (AvgIpc) is 2.36. The van der Waals surface area contributed by atoms with Crippen LogP contribution < -0.4 is 5.32 Å². The number of rotatable bonds is 4. The molecule has 0 saturated carbocycles. The van der Waals surface area contributed by atoms with Gasteiger partial charge in [-0.15, -0.1) is 12.3 Å². The number of hydrogen-bond acceptors (Lipinski definition) is 1. The third-order valence-corrected chi connectivity index (χ3v) is 4.03. The first-order chi connectivity index (χ1) is 8.65. The van der Waals surface area contributed by atoms with Crippen LogP contribution >= 0.6 is 0 Å². The summed E-state index contributed by atoms with van der Waals surface area (Å²) in [4.78, 5) is 0. The Bertz CT molecular complexity index is 439. The zero-order chi connectivity index (χ0) is 13.0. The Morgan fingerprint density at radius 2 is 2.17 bits per heavy atom. The maximum absolute atomic E-state index is 5.30. The van der Waals surface area contributed by atoms with E-state index in [0.717, 1.165) is 19.4 Å². The van der Waals surface area contributed by atoms with E-state index in [4.69, 9.17) is 6.42 Å². The molecule has 1 aliphatic rings. The molecule has 0 heterocycles. The number of hydrogen-bond donors (Lipinski definition) is 1. The van der Waals surface area contributed by atoms with Crippen molar-refractivity contribution in [2.45, 2.75) is 45.6 Å². The van der Waals surface area contributed by atoms with Crippen LogP contribution in [0.3, 0.4) is 0 Å². The highest BCUT2D eigenvalue weighted by atomic mass is 14.9. The first-order valence-corrected chi connectivity index (χ1v) is 6.90. The largest absolute Gasteiger partial charge is 0.309 e. The van der Waals surface area contributed by atoms with E-state index in [1.807, 2.05) is 0 Å². The molecule has 18 heavy (non-hydrogen) atoms. The Morgan fingerprint density at radius 1 is 1.39 bits per heavy atom. The van der Waals surface area contributed by atoms with Crippen molar-refractivity contribution < 1.29 is 0 Å². The van der Waals surface area contributed by atoms with E-state index in [0.29, 0.717) is 11.5 Å². The second kappa shape index (κ2) is 5.59. The molecule has 1 atom stereocenters. The van der Waals surface area contributed by atoms with Crippen molar-refractivity contribution >= 4 is 0 Å². The number of aryl methyl sites for hydroxylation is 1. The fourth-order valence-electron chi connectivity index (χ4n) is 2.89. The second-order valence-corrected chi connectivity index (χ2v) is 5.88. The molecule has 2 rings (SSSR count). The van der Waals surface area contributed by atoms with Crippen molar-refractivity contribution in [2.24, 2.45) is 5.41 Å². The van der Waals surface area contributed by atoms with Gasteiger partial charge >= 0.3 is 0 Å². The lowest BCUT2D eigenvalue weighted by Crippen LogP contribution is -2.38. The fourth-order valence-corrected chi connectivity index (χ4v) is 2.89. The number of terminal acetylenes is 1. The average molecular weight is 241 g/mol. The van der Waals surface area contributed by atoms with Crippen molar-refractivity contribution in [2.75, 3.05) is 6.54 Å². The van der Waals surface area contributed by atoms with E-state index < -0.39 is 0 Å². The van der Waals surface area contributed by atoms with Gasteiger partial charge in [0.2, 0.25) is 0 Å². The standard InChI is InChI=1S/C17H23N/c1-4-5-8-13-18-16-15-10-7-6-9-14(15)11-12-17(16,2)3/h1,6-7,9-10,16,18H,5,8,11-13H2,2-3H3. The summed E-state index contributed by atoms with van der Waals surface area (Å²) >= 11 is 0. The summed E-state index contributed by atoms with van der Waals surface area (Å²) in [5.74, 6) is 2.71. The van der Waals surface area contributed by atoms with Crippen LogP contribution in [0.2, 0.25) is 0 Å². The molecular weight excluding hydrogens is 218 g/mol. The molecule has 0 fully saturated rings. The van der Waals surface area contributed by atoms with Gasteiger partial charge in [-0.3, -0.25) is 0 Å². The maximum Gasteiger partial charge on any atom is 0.0374 e. The topological polar surface area (TPSA) is 12.0 Å². The molecule has 1 aromatic rings. The third-order valence-electron chi connectivity index (χ3n) is 4.03. The Kier molecular flexibility index (Phi) is 4.09. The van der Waals surface area contributed by atoms with E-state index >= 15 is 0 Å². The van der Waals surface area contributed by atoms with E-state index in [9.17, 15) is 0 Å². The summed E-state index contributed by atoms with van der Waals surface area (Å²) in [7, 11) is 0. The molecule has 0 spiro atoms. The molecule has 0 aromatic heterocycles. The van der Waals surface area contributed by atoms with Crippen LogP contribution in [-0.2, 0) is 6.42 Å². The van der Waals surface area contributed by atoms with Crippen LogP contribution in [0, 0.1) is 17.8 Å². The molecule has 96 valence electrons. The molecule has 1 aromatic carbocycles. The molecule has 0 saturated heterocycles. The smallest absolute Gasteiger partial charge is 0.0374 e. The van der Waals surface area contributed by atoms with Crippen LogP contribution in [-0.4, -0.2) is 6.54 Å². The van der Waals surface area contributed by atoms with Gasteiger partial charge in [-0.1, -0.05) is 38.1 Å². The molecule has 1 heteroatoms. The third kappa shape index (κ3) is 2.76. The highest BCUT2D eigenvalue weighted by molar-refractivity contribution is 5.34. The van der Waals surface area contributed by atoms with Gasteiger partial charge in [0, 0.05) is 12.5 Å². The van der Waals surface area contributed by atoms with E-state index in [-0.39, 0.29) is 0 Å². The lowest BCUT2D eigenvalue weighted by atomic mass is 9.70. The van der Waals surface area contributed by atoms with Gasteiger partial charge < -0.3 is 5.32 Å². The van der Waals surface area contributed by atoms with Gasteiger partial charge in [-0.05, 0) is 42.3 Å². The summed E-state index contributed by atoms with van der Waals surface area (Å²) in [5.41, 5.74) is 3.31. The first-order valence-electron chi connectivity index (χ1n) is 6.90. The highest BCUT2D eigenvalue weighted by Gasteiger charge is 2.34. The van der Waals surface area contributed by atoms with Crippen molar-refractivity contribution in [3.05, 3.63) is 35.4 Å². The monoisotopic (exact) mass is 241 g/mol. The molecule has 1 aliphatic carbocycles. The molecular formula is C17H23N. The quantitative estimate of drug-likeness (QED) is 0.626. The minimum Gasteiger partial charge on any atom is -0.309 e. The zero-order valence-electron chi connectivity index (χ0n) is 11.5. The summed E-state index contributed by atoms with van der Waals surface area (Å²) in [6, 6.07) is 9.29. The van der Waals surface area contributed by atoms with Crippen molar-refractivity contribution in [1.82, 2.24) is 5.32 Å². The van der Waals surface area contributed by atoms with E-state index in [2.05, 4.69) is 49.4 Å². The van der Waals surface area contributed by atoms with E-state index in [1.165, 1.54) is 24.0 Å². The second-order valence-electron chi connectivity index (χ2n) is 5.88. The number of unbranched alkanes of at least 4 members (excludes halogenated alkanes) is 1. The minimum atomic E-state index is 0.324. The van der Waals surface area contributed by atoms with Crippen LogP contribution in [0.4, 0.5) is 0 Å². The molecule has 0 radical (unpaired) electrons. The van der Waals surface area contributed by atoms with Gasteiger partial charge in [0.1, 0.15) is 0 Å². The molecule has 1 nitrogen and oxygen atoms in total. The predicted molar refractivity (Wildman–Crippen MR) is 77.4 cm³/mol. The van der Waals surface area contributed by atoms with Crippen LogP contribution in [0.25, 0.3) is 0 Å². The molecule has 0 amide bonds. The van der Waals surface area contributed by atoms with Crippen molar-refractivity contribution in [3.63, 3.8) is 0 Å². The van der Waals surface area contributed by atoms with Gasteiger partial charge in [0.05, 0.1) is 0 Å². The predicted octanol–water partition coefficient (Wildman–Crippen LogP) is 3.70. The molecule has 1 N–H and O–H groups in total. The zero-order valence-corrected chi connectivity index (χ0v) is 11.5. The Balaban J connectivity index is 2.12. The Morgan fingerprint density at radius 3 is 2.94 bits per heavy atom. The summed E-state index contributed by atoms with van der Waals surface area (Å²) in [6.45, 7) is 5.73. The lowest BCUT2D eigenvalue weighted by Gasteiger charge is -2.40. The Hall–Kier alpha value is -1.26. The minimum absolute atomic E-state index is 0.324. The summed E-state index contributed by atoms with van der Waals surface area (Å²) in [5, 5.41) is 3.71. The molecule has 0 aliphatic heterocycles.